The van der Waals surface area contributed by atoms with Crippen LogP contribution in [0.3, 0.4) is 0 Å². The zero-order chi connectivity index (χ0) is 17.2. The summed E-state index contributed by atoms with van der Waals surface area (Å²) in [6, 6.07) is 3.33. The molecule has 0 fully saturated rings. The Morgan fingerprint density at radius 2 is 1.57 bits per heavy atom. The van der Waals surface area contributed by atoms with Crippen LogP contribution in [0.1, 0.15) is 43.0 Å². The molecule has 0 aliphatic heterocycles. The molecule has 0 spiro atoms. The Kier molecular flexibility index (Phi) is 7.94. The van der Waals surface area contributed by atoms with Crippen molar-refractivity contribution in [1.82, 2.24) is 0 Å². The highest BCUT2D eigenvalue weighted by Crippen LogP contribution is 2.40. The van der Waals surface area contributed by atoms with Crippen molar-refractivity contribution in [3.8, 4) is 17.2 Å². The first-order valence-corrected chi connectivity index (χ1v) is 7.56. The van der Waals surface area contributed by atoms with Crippen LogP contribution in [0, 0.1) is 0 Å². The van der Waals surface area contributed by atoms with Gasteiger partial charge in [0.25, 0.3) is 0 Å². The number of methoxy groups -OCH3 is 3. The third-order valence-corrected chi connectivity index (χ3v) is 3.34. The molecule has 0 unspecified atom stereocenters. The maximum Gasteiger partial charge on any atom is 0.305 e. The Balaban J connectivity index is 2.71. The Hall–Kier alpha value is -2.24. The monoisotopic (exact) mass is 324 g/mol. The van der Waals surface area contributed by atoms with Crippen molar-refractivity contribution < 1.29 is 28.5 Å². The molecule has 6 heteroatoms. The largest absolute Gasteiger partial charge is 0.493 e. The first-order valence-electron chi connectivity index (χ1n) is 7.56. The van der Waals surface area contributed by atoms with E-state index in [0.29, 0.717) is 55.1 Å². The molecule has 0 radical (unpaired) electrons. The normalized spacial score (nSPS) is 10.1. The summed E-state index contributed by atoms with van der Waals surface area (Å²) in [5, 5.41) is 0. The lowest BCUT2D eigenvalue weighted by molar-refractivity contribution is -0.143. The highest BCUT2D eigenvalue weighted by molar-refractivity contribution is 5.99. The molecule has 6 nitrogen and oxygen atoms in total. The predicted octanol–water partition coefficient (Wildman–Crippen LogP) is 3.02. The van der Waals surface area contributed by atoms with E-state index in [1.807, 2.05) is 0 Å². The van der Waals surface area contributed by atoms with Crippen LogP contribution >= 0.6 is 0 Å². The minimum Gasteiger partial charge on any atom is -0.493 e. The first-order chi connectivity index (χ1) is 11.1. The van der Waals surface area contributed by atoms with E-state index in [1.165, 1.54) is 21.3 Å². The van der Waals surface area contributed by atoms with E-state index >= 15 is 0 Å². The van der Waals surface area contributed by atoms with Gasteiger partial charge < -0.3 is 18.9 Å². The van der Waals surface area contributed by atoms with Crippen molar-refractivity contribution in [3.05, 3.63) is 17.7 Å². The highest BCUT2D eigenvalue weighted by Gasteiger charge is 2.20. The van der Waals surface area contributed by atoms with Gasteiger partial charge in [0.2, 0.25) is 5.75 Å². The fourth-order valence-electron chi connectivity index (χ4n) is 2.24. The summed E-state index contributed by atoms with van der Waals surface area (Å²) < 4.78 is 20.6. The number of esters is 1. The molecule has 23 heavy (non-hydrogen) atoms. The van der Waals surface area contributed by atoms with E-state index in [1.54, 1.807) is 19.1 Å². The lowest BCUT2D eigenvalue weighted by Crippen LogP contribution is -2.06. The summed E-state index contributed by atoms with van der Waals surface area (Å²) in [5.41, 5.74) is 0.446. The SMILES string of the molecule is CCOC(=O)CCCCC(=O)c1ccc(OC)c(OC)c1OC. The third-order valence-electron chi connectivity index (χ3n) is 3.34. The van der Waals surface area contributed by atoms with E-state index in [4.69, 9.17) is 18.9 Å². The minimum atomic E-state index is -0.233. The standard InChI is InChI=1S/C17H24O6/c1-5-23-15(19)9-7-6-8-13(18)12-10-11-14(20-2)17(22-4)16(12)21-3/h10-11H,5-9H2,1-4H3. The van der Waals surface area contributed by atoms with Crippen LogP contribution in [0.5, 0.6) is 17.2 Å². The second-order valence-corrected chi connectivity index (χ2v) is 4.82. The van der Waals surface area contributed by atoms with Gasteiger partial charge in [-0.3, -0.25) is 9.59 Å². The molecule has 0 aliphatic rings. The van der Waals surface area contributed by atoms with Gasteiger partial charge in [-0.25, -0.2) is 0 Å². The fourth-order valence-corrected chi connectivity index (χ4v) is 2.24. The van der Waals surface area contributed by atoms with Crippen molar-refractivity contribution >= 4 is 11.8 Å². The molecule has 0 amide bonds. The van der Waals surface area contributed by atoms with Gasteiger partial charge in [0.15, 0.2) is 17.3 Å². The number of benzene rings is 1. The van der Waals surface area contributed by atoms with E-state index in [9.17, 15) is 9.59 Å². The van der Waals surface area contributed by atoms with E-state index in [-0.39, 0.29) is 11.8 Å². The number of ketones is 1. The summed E-state index contributed by atoms with van der Waals surface area (Å²) in [5.74, 6) is 0.966. The van der Waals surface area contributed by atoms with Gasteiger partial charge in [-0.15, -0.1) is 0 Å². The second kappa shape index (κ2) is 9.71. The molecule has 0 bridgehead atoms. The molecule has 128 valence electrons. The van der Waals surface area contributed by atoms with Crippen molar-refractivity contribution in [3.63, 3.8) is 0 Å². The third kappa shape index (κ3) is 5.16. The van der Waals surface area contributed by atoms with Crippen LogP contribution in [0.15, 0.2) is 12.1 Å². The van der Waals surface area contributed by atoms with Gasteiger partial charge in [0.05, 0.1) is 33.5 Å². The Labute approximate surface area is 136 Å². The summed E-state index contributed by atoms with van der Waals surface area (Å²) in [4.78, 5) is 23.6. The minimum absolute atomic E-state index is 0.0633. The molecule has 1 aromatic rings. The number of hydrogen-bond donors (Lipinski definition) is 0. The average Bonchev–Trinajstić information content (AvgIpc) is 2.57. The van der Waals surface area contributed by atoms with Crippen molar-refractivity contribution in [2.24, 2.45) is 0 Å². The van der Waals surface area contributed by atoms with Crippen LogP contribution in [-0.4, -0.2) is 39.7 Å². The molecule has 0 aliphatic carbocycles. The topological polar surface area (TPSA) is 71.1 Å². The Bertz CT molecular complexity index is 538. The second-order valence-electron chi connectivity index (χ2n) is 4.82. The number of rotatable bonds is 10. The average molecular weight is 324 g/mol. The zero-order valence-corrected chi connectivity index (χ0v) is 14.1. The van der Waals surface area contributed by atoms with Crippen LogP contribution < -0.4 is 14.2 Å². The molecule has 0 atom stereocenters. The molecule has 0 saturated carbocycles. The van der Waals surface area contributed by atoms with E-state index < -0.39 is 0 Å². The quantitative estimate of drug-likeness (QED) is 0.374. The first kappa shape index (κ1) is 18.8. The zero-order valence-electron chi connectivity index (χ0n) is 14.1. The molecular weight excluding hydrogens is 300 g/mol. The van der Waals surface area contributed by atoms with Crippen LogP contribution in [0.2, 0.25) is 0 Å². The van der Waals surface area contributed by atoms with E-state index in [0.717, 1.165) is 0 Å². The van der Waals surface area contributed by atoms with E-state index in [2.05, 4.69) is 0 Å². The number of ether oxygens (including phenoxy) is 4. The fraction of sp³-hybridized carbons (Fsp3) is 0.529. The maximum atomic E-state index is 12.4. The van der Waals surface area contributed by atoms with Crippen LogP contribution in [0.4, 0.5) is 0 Å². The van der Waals surface area contributed by atoms with Crippen LogP contribution in [0.25, 0.3) is 0 Å². The molecule has 0 saturated heterocycles. The number of carbonyl (C=O) groups is 2. The molecule has 0 heterocycles. The number of hydrogen-bond acceptors (Lipinski definition) is 6. The summed E-state index contributed by atoms with van der Waals surface area (Å²) >= 11 is 0. The summed E-state index contributed by atoms with van der Waals surface area (Å²) in [6.45, 7) is 2.14. The van der Waals surface area contributed by atoms with Gasteiger partial charge in [0.1, 0.15) is 0 Å². The number of Topliss-reactive ketones (excluding diaryl/α,β-unsaturated/α-hetero) is 1. The van der Waals surface area contributed by atoms with Crippen molar-refractivity contribution in [1.29, 1.82) is 0 Å². The number of unbranched alkanes of at least 4 members (excludes halogenated alkanes) is 1. The predicted molar refractivity (Wildman–Crippen MR) is 85.5 cm³/mol. The van der Waals surface area contributed by atoms with Gasteiger partial charge in [-0.1, -0.05) is 0 Å². The summed E-state index contributed by atoms with van der Waals surface area (Å²) in [7, 11) is 4.50. The summed E-state index contributed by atoms with van der Waals surface area (Å²) in [6.07, 6.45) is 1.87. The lowest BCUT2D eigenvalue weighted by atomic mass is 10.0. The lowest BCUT2D eigenvalue weighted by Gasteiger charge is -2.15. The van der Waals surface area contributed by atoms with Gasteiger partial charge in [-0.05, 0) is 31.9 Å². The number of carbonyl (C=O) groups excluding carboxylic acids is 2. The molecule has 1 rings (SSSR count). The van der Waals surface area contributed by atoms with Gasteiger partial charge in [0, 0.05) is 12.8 Å². The van der Waals surface area contributed by atoms with Crippen molar-refractivity contribution in [2.45, 2.75) is 32.6 Å². The molecule has 0 N–H and O–H groups in total. The Morgan fingerprint density at radius 3 is 2.13 bits per heavy atom. The molecular formula is C17H24O6. The van der Waals surface area contributed by atoms with Gasteiger partial charge in [-0.2, -0.15) is 0 Å². The van der Waals surface area contributed by atoms with Crippen LogP contribution in [-0.2, 0) is 9.53 Å². The van der Waals surface area contributed by atoms with Gasteiger partial charge >= 0.3 is 5.97 Å². The smallest absolute Gasteiger partial charge is 0.305 e. The molecule has 0 aromatic heterocycles. The highest BCUT2D eigenvalue weighted by atomic mass is 16.5. The molecule has 1 aromatic carbocycles. The Morgan fingerprint density at radius 1 is 0.913 bits per heavy atom. The maximum absolute atomic E-state index is 12.4. The van der Waals surface area contributed by atoms with Crippen molar-refractivity contribution in [2.75, 3.05) is 27.9 Å².